The Morgan fingerprint density at radius 1 is 1.29 bits per heavy atom. The van der Waals surface area contributed by atoms with E-state index in [1.165, 1.54) is 12.4 Å². The van der Waals surface area contributed by atoms with Gasteiger partial charge in [0.05, 0.1) is 5.52 Å². The summed E-state index contributed by atoms with van der Waals surface area (Å²) in [6, 6.07) is 5.54. The SMILES string of the molecule is C=Cn1cc(C(=O)O)c(=O)c2ccc(N3CCN(CC)CC3)cc21. The Bertz CT molecular complexity index is 848. The van der Waals surface area contributed by atoms with E-state index in [4.69, 9.17) is 0 Å². The Kier molecular flexibility index (Phi) is 4.40. The van der Waals surface area contributed by atoms with Crippen molar-refractivity contribution in [1.82, 2.24) is 9.47 Å². The van der Waals surface area contributed by atoms with Gasteiger partial charge in [0, 0.05) is 49.6 Å². The quantitative estimate of drug-likeness (QED) is 0.930. The zero-order chi connectivity index (χ0) is 17.3. The van der Waals surface area contributed by atoms with Crippen LogP contribution in [-0.4, -0.2) is 53.3 Å². The first-order chi connectivity index (χ1) is 11.5. The van der Waals surface area contributed by atoms with E-state index in [1.54, 1.807) is 10.6 Å². The number of piperazine rings is 1. The summed E-state index contributed by atoms with van der Waals surface area (Å²) in [5, 5.41) is 9.59. The zero-order valence-corrected chi connectivity index (χ0v) is 13.7. The molecular weight excluding hydrogens is 306 g/mol. The number of fused-ring (bicyclic) bond motifs is 1. The number of carbonyl (C=O) groups is 1. The van der Waals surface area contributed by atoms with E-state index < -0.39 is 11.4 Å². The van der Waals surface area contributed by atoms with Crippen LogP contribution in [0.3, 0.4) is 0 Å². The summed E-state index contributed by atoms with van der Waals surface area (Å²) >= 11 is 0. The van der Waals surface area contributed by atoms with Gasteiger partial charge in [-0.05, 0) is 24.7 Å². The lowest BCUT2D eigenvalue weighted by atomic mass is 10.1. The van der Waals surface area contributed by atoms with Gasteiger partial charge in [0.15, 0.2) is 0 Å². The van der Waals surface area contributed by atoms with Crippen molar-refractivity contribution in [2.45, 2.75) is 6.92 Å². The van der Waals surface area contributed by atoms with Crippen molar-refractivity contribution in [2.75, 3.05) is 37.6 Å². The van der Waals surface area contributed by atoms with Gasteiger partial charge in [-0.1, -0.05) is 13.5 Å². The van der Waals surface area contributed by atoms with E-state index in [0.29, 0.717) is 10.9 Å². The maximum absolute atomic E-state index is 12.4. The van der Waals surface area contributed by atoms with E-state index in [9.17, 15) is 14.7 Å². The third-order valence-electron chi connectivity index (χ3n) is 4.63. The Hall–Kier alpha value is -2.60. The average molecular weight is 327 g/mol. The maximum Gasteiger partial charge on any atom is 0.341 e. The minimum atomic E-state index is -1.22. The normalized spacial score (nSPS) is 15.6. The lowest BCUT2D eigenvalue weighted by molar-refractivity contribution is 0.0695. The second kappa shape index (κ2) is 6.49. The molecule has 126 valence electrons. The van der Waals surface area contributed by atoms with Gasteiger partial charge >= 0.3 is 5.97 Å². The van der Waals surface area contributed by atoms with Gasteiger partial charge in [0.25, 0.3) is 0 Å². The highest BCUT2D eigenvalue weighted by molar-refractivity contribution is 5.94. The number of pyridine rings is 1. The molecule has 0 radical (unpaired) electrons. The molecule has 24 heavy (non-hydrogen) atoms. The molecule has 0 unspecified atom stereocenters. The Morgan fingerprint density at radius 3 is 2.58 bits per heavy atom. The number of aromatic nitrogens is 1. The molecule has 0 bridgehead atoms. The van der Waals surface area contributed by atoms with Crippen molar-refractivity contribution >= 4 is 28.8 Å². The molecular formula is C18H21N3O3. The molecule has 0 amide bonds. The van der Waals surface area contributed by atoms with E-state index in [1.807, 2.05) is 12.1 Å². The van der Waals surface area contributed by atoms with Crippen LogP contribution in [0.15, 0.2) is 35.8 Å². The number of hydrogen-bond donors (Lipinski definition) is 1. The topological polar surface area (TPSA) is 65.8 Å². The smallest absolute Gasteiger partial charge is 0.341 e. The summed E-state index contributed by atoms with van der Waals surface area (Å²) in [7, 11) is 0. The van der Waals surface area contributed by atoms with E-state index >= 15 is 0 Å². The number of hydrogen-bond acceptors (Lipinski definition) is 4. The standard InChI is InChI=1S/C18H21N3O3/c1-3-19-7-9-21(10-8-19)13-5-6-14-16(11-13)20(4-2)12-15(17(14)22)18(23)24/h4-6,11-12H,2-3,7-10H2,1H3,(H,23,24). The molecule has 0 spiro atoms. The molecule has 3 rings (SSSR count). The van der Waals surface area contributed by atoms with E-state index in [-0.39, 0.29) is 5.56 Å². The molecule has 1 N–H and O–H groups in total. The first-order valence-electron chi connectivity index (χ1n) is 8.07. The lowest BCUT2D eigenvalue weighted by Crippen LogP contribution is -2.46. The van der Waals surface area contributed by atoms with Gasteiger partial charge in [-0.3, -0.25) is 4.79 Å². The monoisotopic (exact) mass is 327 g/mol. The fourth-order valence-corrected chi connectivity index (χ4v) is 3.16. The van der Waals surface area contributed by atoms with Crippen molar-refractivity contribution in [3.05, 3.63) is 46.8 Å². The summed E-state index contributed by atoms with van der Waals surface area (Å²) < 4.78 is 1.60. The van der Waals surface area contributed by atoms with Crippen LogP contribution in [-0.2, 0) is 0 Å². The first-order valence-corrected chi connectivity index (χ1v) is 8.07. The van der Waals surface area contributed by atoms with E-state index in [2.05, 4.69) is 23.3 Å². The Morgan fingerprint density at radius 2 is 2.00 bits per heavy atom. The minimum absolute atomic E-state index is 0.244. The van der Waals surface area contributed by atoms with Crippen LogP contribution in [0.25, 0.3) is 17.1 Å². The highest BCUT2D eigenvalue weighted by atomic mass is 16.4. The third kappa shape index (κ3) is 2.80. The van der Waals surface area contributed by atoms with Crippen molar-refractivity contribution in [2.24, 2.45) is 0 Å². The van der Waals surface area contributed by atoms with Crippen LogP contribution in [0.5, 0.6) is 0 Å². The highest BCUT2D eigenvalue weighted by Gasteiger charge is 2.18. The molecule has 1 aromatic heterocycles. The van der Waals surface area contributed by atoms with Gasteiger partial charge in [-0.2, -0.15) is 0 Å². The molecule has 0 aliphatic carbocycles. The van der Waals surface area contributed by atoms with Crippen molar-refractivity contribution in [1.29, 1.82) is 0 Å². The molecule has 2 heterocycles. The zero-order valence-electron chi connectivity index (χ0n) is 13.7. The van der Waals surface area contributed by atoms with Crippen LogP contribution < -0.4 is 10.3 Å². The Labute approximate surface area is 140 Å². The van der Waals surface area contributed by atoms with Crippen molar-refractivity contribution in [3.8, 4) is 0 Å². The lowest BCUT2D eigenvalue weighted by Gasteiger charge is -2.35. The fraction of sp³-hybridized carbons (Fsp3) is 0.333. The number of carboxylic acids is 1. The van der Waals surface area contributed by atoms with Crippen molar-refractivity contribution in [3.63, 3.8) is 0 Å². The van der Waals surface area contributed by atoms with Crippen LogP contribution >= 0.6 is 0 Å². The third-order valence-corrected chi connectivity index (χ3v) is 4.63. The van der Waals surface area contributed by atoms with Gasteiger partial charge < -0.3 is 19.5 Å². The summed E-state index contributed by atoms with van der Waals surface area (Å²) in [5.74, 6) is -1.22. The van der Waals surface area contributed by atoms with Crippen LogP contribution in [0.4, 0.5) is 5.69 Å². The summed E-state index contributed by atoms with van der Waals surface area (Å²) in [6.07, 6.45) is 2.85. The van der Waals surface area contributed by atoms with Gasteiger partial charge in [-0.15, -0.1) is 0 Å². The van der Waals surface area contributed by atoms with Crippen LogP contribution in [0, 0.1) is 0 Å². The maximum atomic E-state index is 12.4. The Balaban J connectivity index is 2.05. The molecule has 1 aliphatic rings. The molecule has 1 saturated heterocycles. The van der Waals surface area contributed by atoms with E-state index in [0.717, 1.165) is 38.4 Å². The first kappa shape index (κ1) is 16.3. The highest BCUT2D eigenvalue weighted by Crippen LogP contribution is 2.22. The van der Waals surface area contributed by atoms with Gasteiger partial charge in [-0.25, -0.2) is 4.79 Å². The molecule has 1 fully saturated rings. The molecule has 0 saturated carbocycles. The molecule has 1 aliphatic heterocycles. The summed E-state index contributed by atoms with van der Waals surface area (Å²) in [6.45, 7) is 10.8. The number of anilines is 1. The molecule has 6 heteroatoms. The van der Waals surface area contributed by atoms with Crippen LogP contribution in [0.1, 0.15) is 17.3 Å². The molecule has 1 aromatic carbocycles. The number of benzene rings is 1. The largest absolute Gasteiger partial charge is 0.477 e. The predicted molar refractivity (Wildman–Crippen MR) is 95.9 cm³/mol. The second-order valence-corrected chi connectivity index (χ2v) is 5.89. The summed E-state index contributed by atoms with van der Waals surface area (Å²) in [4.78, 5) is 28.3. The van der Waals surface area contributed by atoms with Gasteiger partial charge in [0.1, 0.15) is 5.56 Å². The fourth-order valence-electron chi connectivity index (χ4n) is 3.16. The number of carboxylic acid groups (broad SMARTS) is 1. The molecule has 2 aromatic rings. The van der Waals surface area contributed by atoms with Gasteiger partial charge in [0.2, 0.25) is 5.43 Å². The predicted octanol–water partition coefficient (Wildman–Crippen LogP) is 1.94. The number of rotatable bonds is 4. The summed E-state index contributed by atoms with van der Waals surface area (Å²) in [5.41, 5.74) is 1.01. The minimum Gasteiger partial charge on any atom is -0.477 e. The number of aromatic carboxylic acids is 1. The molecule has 6 nitrogen and oxygen atoms in total. The number of nitrogens with zero attached hydrogens (tertiary/aromatic N) is 3. The van der Waals surface area contributed by atoms with Crippen molar-refractivity contribution < 1.29 is 9.90 Å². The van der Waals surface area contributed by atoms with Crippen LogP contribution in [0.2, 0.25) is 0 Å². The molecule has 0 atom stereocenters. The average Bonchev–Trinajstić information content (AvgIpc) is 2.61. The number of likely N-dealkylation sites (N-methyl/N-ethyl adjacent to an activating group) is 1. The second-order valence-electron chi connectivity index (χ2n) is 5.89.